The number of benzene rings is 5. The molecule has 9 rings (SSSR count). The second-order valence-corrected chi connectivity index (χ2v) is 28.9. The molecule has 4 heterocycles. The van der Waals surface area contributed by atoms with Crippen LogP contribution in [0.5, 0.6) is 0 Å². The van der Waals surface area contributed by atoms with Gasteiger partial charge in [-0.3, -0.25) is 4.98 Å². The van der Waals surface area contributed by atoms with E-state index in [1.54, 1.807) is 4.40 Å². The van der Waals surface area contributed by atoms with Gasteiger partial charge in [0, 0.05) is 36.7 Å². The van der Waals surface area contributed by atoms with E-state index in [2.05, 4.69) is 167 Å². The molecule has 0 aliphatic rings. The molecule has 0 atom stereocenters. The van der Waals surface area contributed by atoms with Gasteiger partial charge >= 0.3 is 126 Å². The third-order valence-corrected chi connectivity index (χ3v) is 15.8. The molecule has 5 nitrogen and oxygen atoms in total. The second-order valence-electron chi connectivity index (χ2n) is 18.3. The molecule has 0 fully saturated rings. The van der Waals surface area contributed by atoms with Crippen molar-refractivity contribution in [2.24, 2.45) is 5.92 Å². The third kappa shape index (κ3) is 9.15. The normalized spacial score (nSPS) is 11.8. The fraction of sp³-hybridized carbons (Fsp3) is 0.255. The standard InChI is InChI=1S/C37H32N3O.C18H24GeN.Ir/c1-22(2)28-18-26(25-13-7-6-8-14-25)19-29(23(3)4)36(28)40-31-16-10-9-15-30(31)39-37(40)27-20-33-35(38-21-27)34-24(5)12-11-17-32(34)41-33;1-14(2)11-16-12-18(15-9-7-6-8-10-15)20-13-17(16)19(3,4)5;/h6-19,21-23H,1-5H3;6-9,12-14H,11H2,1-5H3;/q2*-1;. The van der Waals surface area contributed by atoms with Crippen molar-refractivity contribution in [2.75, 3.05) is 0 Å². The zero-order valence-corrected chi connectivity index (χ0v) is 42.1. The van der Waals surface area contributed by atoms with Crippen LogP contribution < -0.4 is 4.40 Å². The van der Waals surface area contributed by atoms with Crippen LogP contribution in [-0.2, 0) is 26.5 Å². The molecule has 7 heteroatoms. The van der Waals surface area contributed by atoms with Crippen molar-refractivity contribution < 1.29 is 24.5 Å². The van der Waals surface area contributed by atoms with Gasteiger partial charge < -0.3 is 14.0 Å². The third-order valence-electron chi connectivity index (χ3n) is 11.4. The summed E-state index contributed by atoms with van der Waals surface area (Å²) >= 11 is -1.86. The molecule has 0 spiro atoms. The van der Waals surface area contributed by atoms with Gasteiger partial charge in [-0.2, -0.15) is 0 Å². The molecule has 5 aromatic carbocycles. The quantitative estimate of drug-likeness (QED) is 0.107. The number of pyridine rings is 2. The summed E-state index contributed by atoms with van der Waals surface area (Å²) in [4.78, 5) is 14.8. The van der Waals surface area contributed by atoms with Crippen LogP contribution in [0.2, 0.25) is 17.3 Å². The molecule has 1 radical (unpaired) electrons. The van der Waals surface area contributed by atoms with Gasteiger partial charge in [0.25, 0.3) is 0 Å². The average Bonchev–Trinajstić information content (AvgIpc) is 3.82. The Morgan fingerprint density at radius 2 is 1.40 bits per heavy atom. The summed E-state index contributed by atoms with van der Waals surface area (Å²) in [5.41, 5.74) is 16.1. The van der Waals surface area contributed by atoms with Gasteiger partial charge in [-0.1, -0.05) is 100 Å². The molecule has 0 unspecified atom stereocenters. The van der Waals surface area contributed by atoms with Crippen LogP contribution in [0.4, 0.5) is 0 Å². The minimum Gasteiger partial charge on any atom is -0.475 e. The first-order chi connectivity index (χ1) is 29.3. The molecule has 0 N–H and O–H groups in total. The molecule has 0 aliphatic heterocycles. The molecule has 62 heavy (non-hydrogen) atoms. The Kier molecular flexibility index (Phi) is 13.5. The van der Waals surface area contributed by atoms with Crippen molar-refractivity contribution in [1.82, 2.24) is 19.5 Å². The van der Waals surface area contributed by atoms with E-state index in [0.717, 1.165) is 62.1 Å². The number of rotatable bonds is 9. The topological polar surface area (TPSA) is 56.7 Å². The Hall–Kier alpha value is -5.14. The van der Waals surface area contributed by atoms with Gasteiger partial charge in [0.05, 0.1) is 22.4 Å². The van der Waals surface area contributed by atoms with Crippen LogP contribution in [0.3, 0.4) is 0 Å². The molecular formula is C55H56GeIrN4O-2. The van der Waals surface area contributed by atoms with Gasteiger partial charge in [-0.25, -0.2) is 0 Å². The average molecular weight is 1050 g/mol. The maximum atomic E-state index is 6.25. The molecule has 0 saturated carbocycles. The number of aryl methyl sites for hydroxylation is 1. The number of imidazole rings is 1. The summed E-state index contributed by atoms with van der Waals surface area (Å²) in [6, 6.07) is 47.0. The van der Waals surface area contributed by atoms with Crippen molar-refractivity contribution in [3.63, 3.8) is 0 Å². The summed E-state index contributed by atoms with van der Waals surface area (Å²) in [5.74, 6) is 9.40. The van der Waals surface area contributed by atoms with Gasteiger partial charge in [0.15, 0.2) is 0 Å². The summed E-state index contributed by atoms with van der Waals surface area (Å²) in [6.07, 6.45) is 5.16. The maximum absolute atomic E-state index is 6.25. The zero-order chi connectivity index (χ0) is 43.0. The van der Waals surface area contributed by atoms with E-state index in [9.17, 15) is 0 Å². The van der Waals surface area contributed by atoms with E-state index in [1.165, 1.54) is 33.5 Å². The number of aromatic nitrogens is 4. The minimum absolute atomic E-state index is 0. The van der Waals surface area contributed by atoms with E-state index in [1.807, 2.05) is 42.6 Å². The number of hydrogen-bond acceptors (Lipinski definition) is 4. The Labute approximate surface area is 383 Å². The van der Waals surface area contributed by atoms with Crippen LogP contribution in [-0.4, -0.2) is 32.8 Å². The Balaban J connectivity index is 0.000000233. The number of furan rings is 1. The Morgan fingerprint density at radius 1 is 0.710 bits per heavy atom. The molecule has 0 amide bonds. The molecule has 9 aromatic rings. The van der Waals surface area contributed by atoms with Crippen LogP contribution in [0.25, 0.3) is 72.6 Å². The van der Waals surface area contributed by atoms with Crippen LogP contribution in [0.15, 0.2) is 132 Å². The van der Waals surface area contributed by atoms with Crippen molar-refractivity contribution in [1.29, 1.82) is 0 Å². The first kappa shape index (κ1) is 44.9. The van der Waals surface area contributed by atoms with Crippen molar-refractivity contribution >= 4 is 50.8 Å². The predicted octanol–water partition coefficient (Wildman–Crippen LogP) is 14.3. The summed E-state index contributed by atoms with van der Waals surface area (Å²) in [7, 11) is 0. The molecule has 317 valence electrons. The number of fused-ring (bicyclic) bond motifs is 4. The van der Waals surface area contributed by atoms with Crippen LogP contribution in [0.1, 0.15) is 75.6 Å². The molecule has 0 bridgehead atoms. The fourth-order valence-corrected chi connectivity index (χ4v) is 11.8. The number of para-hydroxylation sites is 2. The maximum Gasteiger partial charge on any atom is 0.125 e. The fourth-order valence-electron chi connectivity index (χ4n) is 8.44. The predicted molar refractivity (Wildman–Crippen MR) is 259 cm³/mol. The Morgan fingerprint density at radius 3 is 2.06 bits per heavy atom. The smallest absolute Gasteiger partial charge is 0.125 e. The van der Waals surface area contributed by atoms with E-state index in [4.69, 9.17) is 19.4 Å². The van der Waals surface area contributed by atoms with Gasteiger partial charge in [0.1, 0.15) is 5.58 Å². The zero-order valence-electron chi connectivity index (χ0n) is 37.6. The van der Waals surface area contributed by atoms with E-state index < -0.39 is 13.3 Å². The first-order valence-electron chi connectivity index (χ1n) is 21.7. The molecule has 0 saturated heterocycles. The second kappa shape index (κ2) is 18.7. The van der Waals surface area contributed by atoms with E-state index in [-0.39, 0.29) is 20.1 Å². The number of nitrogens with zero attached hydrogens (tertiary/aromatic N) is 4. The van der Waals surface area contributed by atoms with Gasteiger partial charge in [-0.15, -0.1) is 0 Å². The van der Waals surface area contributed by atoms with Crippen molar-refractivity contribution in [3.8, 4) is 39.5 Å². The SMILES string of the molecule is CC(C)Cc1cc(-c2[c-]cccc2)nc[c]1[Ge]([CH3])([CH3])[CH3].Cc1cccc2oc3[c-]c(-c4nc5ccccc5n4-c4c(C(C)C)cc(-c5ccccc5)cc4C(C)C)cnc3c12.[Ir]. The van der Waals surface area contributed by atoms with Crippen molar-refractivity contribution in [3.05, 3.63) is 162 Å². The Bertz CT molecular complexity index is 2950. The van der Waals surface area contributed by atoms with E-state index in [0.29, 0.717) is 23.3 Å². The molecule has 4 aromatic heterocycles. The largest absolute Gasteiger partial charge is 0.475 e. The summed E-state index contributed by atoms with van der Waals surface area (Å²) < 4.78 is 10.1. The first-order valence-corrected chi connectivity index (χ1v) is 29.0. The van der Waals surface area contributed by atoms with Crippen LogP contribution in [0, 0.1) is 25.0 Å². The minimum atomic E-state index is -1.86. The molecular weight excluding hydrogens is 997 g/mol. The van der Waals surface area contributed by atoms with E-state index >= 15 is 0 Å². The van der Waals surface area contributed by atoms with Crippen molar-refractivity contribution in [2.45, 2.75) is 84.0 Å². The summed E-state index contributed by atoms with van der Waals surface area (Å²) in [5, 5.41) is 1.04. The van der Waals surface area contributed by atoms with Crippen LogP contribution >= 0.6 is 0 Å². The van der Waals surface area contributed by atoms with Gasteiger partial charge in [-0.05, 0) is 76.9 Å². The molecule has 0 aliphatic carbocycles. The monoisotopic (exact) mass is 1060 g/mol. The summed E-state index contributed by atoms with van der Waals surface area (Å²) in [6.45, 7) is 15.7. The number of hydrogen-bond donors (Lipinski definition) is 0. The van der Waals surface area contributed by atoms with Gasteiger partial charge in [0.2, 0.25) is 0 Å².